The second kappa shape index (κ2) is 4.40. The van der Waals surface area contributed by atoms with Gasteiger partial charge in [-0.05, 0) is 44.2 Å². The average molecular weight is 231 g/mol. The number of fused-ring (bicyclic) bond motifs is 1. The first-order valence-electron chi connectivity index (χ1n) is 6.33. The summed E-state index contributed by atoms with van der Waals surface area (Å²) in [6, 6.07) is 2.10. The van der Waals surface area contributed by atoms with Crippen LogP contribution in [-0.4, -0.2) is 9.61 Å². The minimum atomic E-state index is 0.516. The number of aromatic nitrogens is 2. The molecule has 0 bridgehead atoms. The fourth-order valence-electron chi connectivity index (χ4n) is 2.63. The summed E-state index contributed by atoms with van der Waals surface area (Å²) in [4.78, 5) is 0. The summed E-state index contributed by atoms with van der Waals surface area (Å²) in [5, 5.41) is 4.61. The van der Waals surface area contributed by atoms with Gasteiger partial charge in [-0.15, -0.1) is 0 Å². The zero-order valence-corrected chi connectivity index (χ0v) is 11.1. The van der Waals surface area contributed by atoms with E-state index in [9.17, 15) is 0 Å². The molecule has 0 aliphatic heterocycles. The molecule has 0 unspecified atom stereocenters. The van der Waals surface area contributed by atoms with E-state index in [0.29, 0.717) is 5.92 Å². The summed E-state index contributed by atoms with van der Waals surface area (Å²) in [5.41, 5.74) is 11.8. The molecule has 0 aromatic carbocycles. The lowest BCUT2D eigenvalue weighted by atomic mass is 9.91. The molecule has 0 spiro atoms. The maximum absolute atomic E-state index is 6.32. The first kappa shape index (κ1) is 12.0. The average Bonchev–Trinajstić information content (AvgIpc) is 2.65. The third-order valence-corrected chi connectivity index (χ3v) is 3.54. The Morgan fingerprint density at radius 1 is 1.29 bits per heavy atom. The van der Waals surface area contributed by atoms with Crippen LogP contribution in [0.15, 0.2) is 12.3 Å². The summed E-state index contributed by atoms with van der Waals surface area (Å²) >= 11 is 0. The molecule has 92 valence electrons. The van der Waals surface area contributed by atoms with E-state index in [0.717, 1.165) is 29.7 Å². The minimum absolute atomic E-state index is 0.516. The molecule has 3 heteroatoms. The second-order valence-corrected chi connectivity index (χ2v) is 4.77. The van der Waals surface area contributed by atoms with Crippen LogP contribution in [0.4, 0.5) is 5.69 Å². The van der Waals surface area contributed by atoms with E-state index < -0.39 is 0 Å². The highest BCUT2D eigenvalue weighted by molar-refractivity contribution is 5.74. The molecule has 0 amide bonds. The number of hydrogen-bond donors (Lipinski definition) is 1. The number of aryl methyl sites for hydroxylation is 2. The van der Waals surface area contributed by atoms with Crippen LogP contribution in [0.2, 0.25) is 0 Å². The maximum atomic E-state index is 6.32. The van der Waals surface area contributed by atoms with Gasteiger partial charge in [-0.3, -0.25) is 0 Å². The van der Waals surface area contributed by atoms with Crippen molar-refractivity contribution in [2.45, 2.75) is 46.5 Å². The van der Waals surface area contributed by atoms with Crippen molar-refractivity contribution in [3.05, 3.63) is 29.1 Å². The molecule has 0 saturated carbocycles. The molecule has 3 nitrogen and oxygen atoms in total. The minimum Gasteiger partial charge on any atom is -0.397 e. The van der Waals surface area contributed by atoms with Crippen molar-refractivity contribution in [1.29, 1.82) is 0 Å². The van der Waals surface area contributed by atoms with Gasteiger partial charge >= 0.3 is 0 Å². The lowest BCUT2D eigenvalue weighted by Gasteiger charge is -2.18. The van der Waals surface area contributed by atoms with E-state index in [-0.39, 0.29) is 0 Å². The van der Waals surface area contributed by atoms with E-state index in [1.807, 2.05) is 10.7 Å². The highest BCUT2D eigenvalue weighted by Crippen LogP contribution is 2.32. The number of rotatable bonds is 3. The molecule has 0 atom stereocenters. The standard InChI is InChI=1S/C14H21N3/c1-5-11(6-2)13-10(4)16-17-8-9(3)7-12(17)14(13)15/h7-8,11H,5-6,15H2,1-4H3. The maximum Gasteiger partial charge on any atom is 0.0881 e. The van der Waals surface area contributed by atoms with Gasteiger partial charge in [0.05, 0.1) is 16.9 Å². The number of anilines is 1. The van der Waals surface area contributed by atoms with Crippen molar-refractivity contribution >= 4 is 11.2 Å². The van der Waals surface area contributed by atoms with Gasteiger partial charge in [0.2, 0.25) is 0 Å². The van der Waals surface area contributed by atoms with Gasteiger partial charge < -0.3 is 5.73 Å². The summed E-state index contributed by atoms with van der Waals surface area (Å²) in [5.74, 6) is 0.516. The van der Waals surface area contributed by atoms with Gasteiger partial charge in [-0.2, -0.15) is 5.10 Å². The van der Waals surface area contributed by atoms with Crippen molar-refractivity contribution in [2.75, 3.05) is 5.73 Å². The number of nitrogens with zero attached hydrogens (tertiary/aromatic N) is 2. The molecule has 0 aliphatic rings. The number of nitrogen functional groups attached to an aromatic ring is 1. The van der Waals surface area contributed by atoms with E-state index in [2.05, 4.69) is 38.9 Å². The van der Waals surface area contributed by atoms with Crippen LogP contribution in [0, 0.1) is 13.8 Å². The fourth-order valence-corrected chi connectivity index (χ4v) is 2.63. The molecule has 0 saturated heterocycles. The molecule has 2 rings (SSSR count). The van der Waals surface area contributed by atoms with Crippen molar-refractivity contribution in [1.82, 2.24) is 9.61 Å². The first-order valence-corrected chi connectivity index (χ1v) is 6.33. The molecular formula is C14H21N3. The number of nitrogens with two attached hydrogens (primary N) is 1. The van der Waals surface area contributed by atoms with Crippen LogP contribution in [-0.2, 0) is 0 Å². The lowest BCUT2D eigenvalue weighted by Crippen LogP contribution is -2.09. The van der Waals surface area contributed by atoms with Crippen LogP contribution in [0.3, 0.4) is 0 Å². The van der Waals surface area contributed by atoms with Gasteiger partial charge in [0, 0.05) is 11.8 Å². The summed E-state index contributed by atoms with van der Waals surface area (Å²) in [7, 11) is 0. The molecule has 2 aromatic heterocycles. The van der Waals surface area contributed by atoms with Crippen molar-refractivity contribution in [3.63, 3.8) is 0 Å². The Kier molecular flexibility index (Phi) is 3.09. The van der Waals surface area contributed by atoms with E-state index in [1.54, 1.807) is 0 Å². The van der Waals surface area contributed by atoms with Crippen LogP contribution >= 0.6 is 0 Å². The molecule has 2 aromatic rings. The largest absolute Gasteiger partial charge is 0.397 e. The SMILES string of the molecule is CCC(CC)c1c(C)nn2cc(C)cc2c1N. The Hall–Kier alpha value is -1.51. The lowest BCUT2D eigenvalue weighted by molar-refractivity contribution is 0.632. The van der Waals surface area contributed by atoms with Gasteiger partial charge in [0.15, 0.2) is 0 Å². The van der Waals surface area contributed by atoms with E-state index in [4.69, 9.17) is 5.73 Å². The molecule has 2 N–H and O–H groups in total. The van der Waals surface area contributed by atoms with Gasteiger partial charge in [0.1, 0.15) is 0 Å². The van der Waals surface area contributed by atoms with Crippen molar-refractivity contribution in [3.8, 4) is 0 Å². The van der Waals surface area contributed by atoms with E-state index >= 15 is 0 Å². The monoisotopic (exact) mass is 231 g/mol. The van der Waals surface area contributed by atoms with Crippen LogP contribution in [0.5, 0.6) is 0 Å². The summed E-state index contributed by atoms with van der Waals surface area (Å²) in [6.45, 7) is 8.54. The molecule has 0 aliphatic carbocycles. The summed E-state index contributed by atoms with van der Waals surface area (Å²) in [6.07, 6.45) is 4.24. The van der Waals surface area contributed by atoms with Crippen molar-refractivity contribution in [2.24, 2.45) is 0 Å². The highest BCUT2D eigenvalue weighted by atomic mass is 15.2. The molecule has 17 heavy (non-hydrogen) atoms. The smallest absolute Gasteiger partial charge is 0.0881 e. The third-order valence-electron chi connectivity index (χ3n) is 3.54. The van der Waals surface area contributed by atoms with Crippen LogP contribution in [0.1, 0.15) is 49.4 Å². The van der Waals surface area contributed by atoms with Gasteiger partial charge in [0.25, 0.3) is 0 Å². The molecular weight excluding hydrogens is 210 g/mol. The molecule has 0 fully saturated rings. The predicted octanol–water partition coefficient (Wildman–Crippen LogP) is 3.44. The zero-order valence-electron chi connectivity index (χ0n) is 11.1. The molecule has 0 radical (unpaired) electrons. The third kappa shape index (κ3) is 1.90. The van der Waals surface area contributed by atoms with E-state index in [1.165, 1.54) is 11.1 Å². The predicted molar refractivity (Wildman–Crippen MR) is 72.4 cm³/mol. The van der Waals surface area contributed by atoms with Gasteiger partial charge in [-0.1, -0.05) is 13.8 Å². The Morgan fingerprint density at radius 3 is 2.53 bits per heavy atom. The Balaban J connectivity index is 2.70. The molecule has 2 heterocycles. The summed E-state index contributed by atoms with van der Waals surface area (Å²) < 4.78 is 1.89. The first-order chi connectivity index (χ1) is 8.08. The van der Waals surface area contributed by atoms with Crippen LogP contribution < -0.4 is 5.73 Å². The normalized spacial score (nSPS) is 11.6. The Bertz CT molecular complexity index is 536. The van der Waals surface area contributed by atoms with Gasteiger partial charge in [-0.25, -0.2) is 4.52 Å². The second-order valence-electron chi connectivity index (χ2n) is 4.77. The quantitative estimate of drug-likeness (QED) is 0.879. The fraction of sp³-hybridized carbons (Fsp3) is 0.500. The highest BCUT2D eigenvalue weighted by Gasteiger charge is 2.17. The Morgan fingerprint density at radius 2 is 1.94 bits per heavy atom. The zero-order chi connectivity index (χ0) is 12.6. The van der Waals surface area contributed by atoms with Crippen LogP contribution in [0.25, 0.3) is 5.52 Å². The van der Waals surface area contributed by atoms with Crippen molar-refractivity contribution < 1.29 is 0 Å². The number of hydrogen-bond acceptors (Lipinski definition) is 2. The Labute approximate surface area is 103 Å². The topological polar surface area (TPSA) is 43.3 Å².